The average molecular weight is 719 g/mol. The molecule has 0 saturated heterocycles. The zero-order chi connectivity index (χ0) is 28.6. The van der Waals surface area contributed by atoms with Crippen molar-refractivity contribution in [1.82, 2.24) is 0 Å². The predicted octanol–water partition coefficient (Wildman–Crippen LogP) is 6.84. The standard InChI is InChI=1S/C22H36OP2.C8H8.C2H6.CH3.BF3.FH.Rh/c1-22(2,3)25(23)21-17-11-10-16-20(21)24(18-12-6-4-7-13-18)19-14-8-5-9-15-19;1-3-8-4-2-7(8)5-6(1)8;1-2;;2-1(3)4;;/h10-11,16-19,23H,4-9,12-15H2,1-3H3;1-4,6-7H,5H2;1-2H3;1H3;;1H;/q;;;-1;;;+2/p+1. The minimum absolute atomic E-state index is 0. The van der Waals surface area contributed by atoms with E-state index in [0.29, 0.717) is 5.41 Å². The van der Waals surface area contributed by atoms with Crippen molar-refractivity contribution in [2.24, 2.45) is 17.3 Å². The Bertz CT molecular complexity index is 903. The minimum Gasteiger partial charge on any atom is -1.00 e. The van der Waals surface area contributed by atoms with Crippen molar-refractivity contribution < 1.29 is 42.0 Å². The van der Waals surface area contributed by atoms with Crippen LogP contribution in [-0.2, 0) is 19.5 Å². The van der Waals surface area contributed by atoms with Gasteiger partial charge in [-0.05, 0) is 103 Å². The molecule has 0 bridgehead atoms. The van der Waals surface area contributed by atoms with Crippen LogP contribution in [0.15, 0.2) is 48.6 Å². The third-order valence-electron chi connectivity index (χ3n) is 9.32. The van der Waals surface area contributed by atoms with E-state index >= 15 is 0 Å². The molecule has 1 aromatic carbocycles. The normalized spacial score (nSPS) is 25.9. The van der Waals surface area contributed by atoms with Crippen molar-refractivity contribution in [2.45, 2.75) is 122 Å². The summed E-state index contributed by atoms with van der Waals surface area (Å²) in [5.74, 6) is 1.91. The topological polar surface area (TPSA) is 20.2 Å². The number of rotatable bonds is 4. The molecule has 3 saturated carbocycles. The zero-order valence-electron chi connectivity index (χ0n) is 26.6. The molecule has 3 atom stereocenters. The summed E-state index contributed by atoms with van der Waals surface area (Å²) in [6.45, 7) is 10.6. The maximum atomic E-state index is 11.2. The molecule has 1 aromatic rings. The molecule has 3 fully saturated rings. The van der Waals surface area contributed by atoms with E-state index in [4.69, 9.17) is 0 Å². The van der Waals surface area contributed by atoms with Gasteiger partial charge in [0.15, 0.2) is 13.5 Å². The first-order chi connectivity index (χ1) is 18.6. The Kier molecular flexibility index (Phi) is 19.4. The van der Waals surface area contributed by atoms with Crippen LogP contribution in [0.25, 0.3) is 0 Å². The summed E-state index contributed by atoms with van der Waals surface area (Å²) in [5, 5.41) is 2.98. The largest absolute Gasteiger partial charge is 2.00 e. The van der Waals surface area contributed by atoms with Crippen molar-refractivity contribution in [3.8, 4) is 0 Å². The van der Waals surface area contributed by atoms with E-state index in [1.54, 1.807) is 5.30 Å². The summed E-state index contributed by atoms with van der Waals surface area (Å²) in [6.07, 6.45) is 25.3. The van der Waals surface area contributed by atoms with Crippen LogP contribution in [-0.4, -0.2) is 28.9 Å². The van der Waals surface area contributed by atoms with Gasteiger partial charge in [0.05, 0.1) is 11.3 Å². The molecule has 0 heterocycles. The van der Waals surface area contributed by atoms with Gasteiger partial charge in [-0.15, -0.1) is 0 Å². The molecule has 0 aromatic heterocycles. The van der Waals surface area contributed by atoms with Crippen LogP contribution in [0.5, 0.6) is 0 Å². The molecule has 6 rings (SSSR count). The summed E-state index contributed by atoms with van der Waals surface area (Å²) in [7, 11) is -5.77. The zero-order valence-corrected chi connectivity index (χ0v) is 30.2. The number of allylic oxidation sites excluding steroid dienone is 4. The van der Waals surface area contributed by atoms with Crippen molar-refractivity contribution in [3.05, 3.63) is 56.0 Å². The summed E-state index contributed by atoms with van der Waals surface area (Å²) in [4.78, 5) is 11.2. The Morgan fingerprint density at radius 3 is 1.43 bits per heavy atom. The summed E-state index contributed by atoms with van der Waals surface area (Å²) < 4.78 is 29.0. The second-order valence-corrected chi connectivity index (χ2v) is 18.5. The smallest absolute Gasteiger partial charge is 1.00 e. The van der Waals surface area contributed by atoms with E-state index in [-0.39, 0.29) is 36.8 Å². The number of halogens is 4. The van der Waals surface area contributed by atoms with Gasteiger partial charge in [0.1, 0.15) is 10.5 Å². The van der Waals surface area contributed by atoms with Crippen LogP contribution in [0.1, 0.15) is 105 Å². The Labute approximate surface area is 270 Å². The van der Waals surface area contributed by atoms with E-state index < -0.39 is 23.6 Å². The summed E-state index contributed by atoms with van der Waals surface area (Å²) in [5.41, 5.74) is 2.52. The molecule has 0 aliphatic heterocycles. The molecule has 1 radical (unpaired) electrons. The van der Waals surface area contributed by atoms with Gasteiger partial charge in [0.2, 0.25) is 0 Å². The third kappa shape index (κ3) is 10.2. The number of benzene rings is 1. The van der Waals surface area contributed by atoms with Gasteiger partial charge in [-0.1, -0.05) is 63.1 Å². The van der Waals surface area contributed by atoms with E-state index in [2.05, 4.69) is 69.3 Å². The molecule has 42 heavy (non-hydrogen) atoms. The summed E-state index contributed by atoms with van der Waals surface area (Å²) in [6, 6.07) is 9.09. The van der Waals surface area contributed by atoms with Crippen molar-refractivity contribution in [2.75, 3.05) is 0 Å². The Balaban J connectivity index is 0.000000814. The van der Waals surface area contributed by atoms with Crippen LogP contribution in [0.2, 0.25) is 0 Å². The molecule has 1 spiro atoms. The number of hydrogen-bond acceptors (Lipinski definition) is 1. The van der Waals surface area contributed by atoms with E-state index in [9.17, 15) is 17.8 Å². The maximum Gasteiger partial charge on any atom is 2.00 e. The first-order valence-corrected chi connectivity index (χ1v) is 18.6. The average Bonchev–Trinajstić information content (AvgIpc) is 2.90. The molecule has 1 N–H and O–H groups in total. The van der Waals surface area contributed by atoms with Crippen LogP contribution < -0.4 is 15.3 Å². The second kappa shape index (κ2) is 19.4. The monoisotopic (exact) mass is 719 g/mol. The molecule has 0 amide bonds. The molecule has 5 aliphatic rings. The van der Waals surface area contributed by atoms with Gasteiger partial charge in [0.25, 0.3) is 0 Å². The van der Waals surface area contributed by atoms with E-state index in [1.807, 2.05) is 13.8 Å². The van der Waals surface area contributed by atoms with E-state index in [0.717, 1.165) is 23.2 Å². The Morgan fingerprint density at radius 1 is 0.786 bits per heavy atom. The van der Waals surface area contributed by atoms with Crippen molar-refractivity contribution in [3.63, 3.8) is 0 Å². The van der Waals surface area contributed by atoms with Gasteiger partial charge >= 0.3 is 27.0 Å². The predicted molar refractivity (Wildman–Crippen MR) is 177 cm³/mol. The number of hydrogen-bond donors (Lipinski definition) is 1. The summed E-state index contributed by atoms with van der Waals surface area (Å²) >= 11 is 0. The van der Waals surface area contributed by atoms with Crippen LogP contribution >= 0.6 is 16.1 Å². The van der Waals surface area contributed by atoms with Crippen molar-refractivity contribution >= 4 is 34.2 Å². The molecular formula is C33H55BF4OP2Rh+2. The first kappa shape index (κ1) is 41.9. The van der Waals surface area contributed by atoms with Crippen LogP contribution in [0.4, 0.5) is 12.9 Å². The van der Waals surface area contributed by atoms with Gasteiger partial charge in [-0.2, -0.15) is 0 Å². The second-order valence-electron chi connectivity index (χ2n) is 12.7. The molecule has 3 unspecified atom stereocenters. The molecular weight excluding hydrogens is 664 g/mol. The fourth-order valence-corrected chi connectivity index (χ4v) is 13.6. The van der Waals surface area contributed by atoms with Gasteiger partial charge in [-0.25, -0.2) is 4.89 Å². The van der Waals surface area contributed by atoms with Crippen molar-refractivity contribution in [1.29, 1.82) is 0 Å². The van der Waals surface area contributed by atoms with Crippen LogP contribution in [0.3, 0.4) is 0 Å². The molecule has 1 nitrogen and oxygen atoms in total. The Hall–Kier alpha value is -0.0717. The Morgan fingerprint density at radius 2 is 1.17 bits per heavy atom. The van der Waals surface area contributed by atoms with Crippen LogP contribution in [0, 0.1) is 24.7 Å². The molecule has 9 heteroatoms. The fraction of sp³-hybridized carbons (Fsp3) is 0.667. The van der Waals surface area contributed by atoms with E-state index in [1.165, 1.54) is 75.9 Å². The molecule has 5 aliphatic carbocycles. The fourth-order valence-electron chi connectivity index (χ4n) is 7.11. The van der Waals surface area contributed by atoms with Gasteiger partial charge in [0, 0.05) is 13.3 Å². The quantitative estimate of drug-likeness (QED) is 0.119. The third-order valence-corrected chi connectivity index (χ3v) is 15.9. The minimum atomic E-state index is -3.67. The van der Waals surface area contributed by atoms with Gasteiger partial charge < -0.3 is 12.1 Å². The first-order valence-electron chi connectivity index (χ1n) is 15.5. The maximum absolute atomic E-state index is 11.2. The van der Waals surface area contributed by atoms with Gasteiger partial charge in [-0.3, -0.25) is 12.9 Å². The SMILES string of the molecule is C1=CC23C=CC2CC13.CC.CC(C)(C)[PH+](O)c1ccccc1[PH+](C1CCCCC1)C1CCCCC1.FB(F)F.[CH3-].[F-].[Rh+2]. The molecule has 241 valence electrons.